The molecule has 1 aliphatic heterocycles. The molecule has 0 spiro atoms. The molecular formula is C30H44N2. The lowest BCUT2D eigenvalue weighted by molar-refractivity contribution is 0.788. The van der Waals surface area contributed by atoms with Gasteiger partial charge in [0, 0.05) is 23.8 Å². The molecule has 0 N–H and O–H groups in total. The summed E-state index contributed by atoms with van der Waals surface area (Å²) >= 11 is 0. The van der Waals surface area contributed by atoms with Gasteiger partial charge in [0.1, 0.15) is 0 Å². The number of nitrogens with zero attached hydrogens (tertiary/aromatic N) is 2. The van der Waals surface area contributed by atoms with Gasteiger partial charge < -0.3 is 9.80 Å². The molecule has 174 valence electrons. The summed E-state index contributed by atoms with van der Waals surface area (Å²) in [7, 11) is 0. The van der Waals surface area contributed by atoms with Crippen LogP contribution in [0.5, 0.6) is 0 Å². The normalized spacial score (nSPS) is 14.3. The summed E-state index contributed by atoms with van der Waals surface area (Å²) in [6.45, 7) is 24.0. The van der Waals surface area contributed by atoms with Crippen molar-refractivity contribution in [3.8, 4) is 0 Å². The molecule has 32 heavy (non-hydrogen) atoms. The third-order valence-corrected chi connectivity index (χ3v) is 6.75. The number of hydrogen-bond acceptors (Lipinski definition) is 2. The molecule has 0 aliphatic carbocycles. The topological polar surface area (TPSA) is 6.48 Å². The van der Waals surface area contributed by atoms with Crippen LogP contribution in [0.2, 0.25) is 0 Å². The van der Waals surface area contributed by atoms with E-state index in [2.05, 4.69) is 122 Å². The van der Waals surface area contributed by atoms with Crippen molar-refractivity contribution in [2.75, 3.05) is 16.5 Å². The highest BCUT2D eigenvalue weighted by Gasteiger charge is 2.27. The Kier molecular flexibility index (Phi) is 7.43. The molecule has 0 amide bonds. The van der Waals surface area contributed by atoms with Gasteiger partial charge in [0.15, 0.2) is 0 Å². The van der Waals surface area contributed by atoms with Gasteiger partial charge >= 0.3 is 0 Å². The fourth-order valence-corrected chi connectivity index (χ4v) is 4.80. The van der Waals surface area contributed by atoms with Crippen LogP contribution in [0.15, 0.2) is 42.7 Å². The minimum atomic E-state index is 0.484. The van der Waals surface area contributed by atoms with Crippen molar-refractivity contribution >= 4 is 11.4 Å². The van der Waals surface area contributed by atoms with Gasteiger partial charge in [-0.1, -0.05) is 99.6 Å². The zero-order valence-corrected chi connectivity index (χ0v) is 22.0. The summed E-state index contributed by atoms with van der Waals surface area (Å²) in [6, 6.07) is 11.7. The number of anilines is 2. The van der Waals surface area contributed by atoms with Gasteiger partial charge in [-0.15, -0.1) is 0 Å². The number of rotatable bonds is 7. The first kappa shape index (κ1) is 24.4. The smallest absolute Gasteiger partial charge is 0.0989 e. The fraction of sp³-hybridized carbons (Fsp3) is 0.533. The largest absolute Gasteiger partial charge is 0.327 e. The highest BCUT2D eigenvalue weighted by atomic mass is 15.3. The van der Waals surface area contributed by atoms with Crippen LogP contribution >= 0.6 is 0 Å². The van der Waals surface area contributed by atoms with E-state index >= 15 is 0 Å². The average Bonchev–Trinajstić information content (AvgIpc) is 3.21. The van der Waals surface area contributed by atoms with Crippen LogP contribution in [-0.4, -0.2) is 6.67 Å². The Morgan fingerprint density at radius 2 is 0.906 bits per heavy atom. The molecule has 1 heterocycles. The van der Waals surface area contributed by atoms with Gasteiger partial charge in [0.25, 0.3) is 0 Å². The van der Waals surface area contributed by atoms with Crippen molar-refractivity contribution < 1.29 is 0 Å². The Morgan fingerprint density at radius 3 is 1.25 bits per heavy atom. The third-order valence-electron chi connectivity index (χ3n) is 6.75. The molecule has 0 fully saturated rings. The Hall–Kier alpha value is -2.22. The molecule has 2 heteroatoms. The van der Waals surface area contributed by atoms with Crippen LogP contribution in [0.25, 0.3) is 0 Å². The first-order valence-electron chi connectivity index (χ1n) is 12.5. The maximum absolute atomic E-state index is 2.48. The van der Waals surface area contributed by atoms with E-state index < -0.39 is 0 Å². The fourth-order valence-electron chi connectivity index (χ4n) is 4.80. The molecule has 0 saturated carbocycles. The van der Waals surface area contributed by atoms with Crippen molar-refractivity contribution in [2.24, 2.45) is 0 Å². The average molecular weight is 433 g/mol. The van der Waals surface area contributed by atoms with Crippen molar-refractivity contribution in [3.63, 3.8) is 0 Å². The van der Waals surface area contributed by atoms with E-state index in [1.807, 2.05) is 0 Å². The van der Waals surface area contributed by atoms with Crippen LogP contribution in [0.1, 0.15) is 127 Å². The molecule has 1 aliphatic rings. The molecule has 0 atom stereocenters. The second-order valence-corrected chi connectivity index (χ2v) is 11.0. The van der Waals surface area contributed by atoms with E-state index in [-0.39, 0.29) is 0 Å². The molecular weight excluding hydrogens is 388 g/mol. The van der Waals surface area contributed by atoms with E-state index in [0.29, 0.717) is 29.6 Å². The summed E-state index contributed by atoms with van der Waals surface area (Å²) in [5, 5.41) is 0. The van der Waals surface area contributed by atoms with E-state index in [0.717, 1.165) is 6.67 Å². The molecule has 2 aromatic rings. The number of hydrogen-bond donors (Lipinski definition) is 0. The number of benzene rings is 2. The molecule has 0 radical (unpaired) electrons. The maximum atomic E-state index is 2.48. The lowest BCUT2D eigenvalue weighted by atomic mass is 9.87. The van der Waals surface area contributed by atoms with E-state index in [9.17, 15) is 0 Å². The number of para-hydroxylation sites is 1. The quantitative estimate of drug-likeness (QED) is 0.430. The minimum absolute atomic E-state index is 0.484. The minimum Gasteiger partial charge on any atom is -0.327 e. The van der Waals surface area contributed by atoms with Gasteiger partial charge in [-0.05, 0) is 57.4 Å². The Bertz CT molecular complexity index is 908. The summed E-state index contributed by atoms with van der Waals surface area (Å²) < 4.78 is 0. The second kappa shape index (κ2) is 9.73. The van der Waals surface area contributed by atoms with Crippen LogP contribution < -0.4 is 9.80 Å². The van der Waals surface area contributed by atoms with Gasteiger partial charge in [-0.25, -0.2) is 0 Å². The summed E-state index contributed by atoms with van der Waals surface area (Å²) in [4.78, 5) is 4.95. The molecule has 2 aromatic carbocycles. The monoisotopic (exact) mass is 432 g/mol. The molecule has 3 rings (SSSR count). The molecule has 0 saturated heterocycles. The molecule has 0 aromatic heterocycles. The van der Waals surface area contributed by atoms with E-state index in [4.69, 9.17) is 0 Å². The van der Waals surface area contributed by atoms with Gasteiger partial charge in [-0.3, -0.25) is 0 Å². The first-order valence-corrected chi connectivity index (χ1v) is 12.5. The Morgan fingerprint density at radius 1 is 0.531 bits per heavy atom. The zero-order chi connectivity index (χ0) is 23.7. The summed E-state index contributed by atoms with van der Waals surface area (Å²) in [5.41, 5.74) is 10.1. The highest BCUT2D eigenvalue weighted by Crippen LogP contribution is 2.42. The SMILES string of the molecule is CC(C)c1cc(C(C)C)c(N2C=CN(c3c(C(C)C)cccc3C(C)C)C2)c(C(C)C)c1. The van der Waals surface area contributed by atoms with Gasteiger partial charge in [-0.2, -0.15) is 0 Å². The Labute approximate surface area is 197 Å². The first-order chi connectivity index (χ1) is 15.0. The molecule has 0 bridgehead atoms. The maximum Gasteiger partial charge on any atom is 0.0989 e. The summed E-state index contributed by atoms with van der Waals surface area (Å²) in [5.74, 6) is 2.50. The predicted octanol–water partition coefficient (Wildman–Crippen LogP) is 9.06. The zero-order valence-electron chi connectivity index (χ0n) is 22.0. The van der Waals surface area contributed by atoms with E-state index in [1.54, 1.807) is 0 Å². The summed E-state index contributed by atoms with van der Waals surface area (Å²) in [6.07, 6.45) is 4.58. The van der Waals surface area contributed by atoms with Crippen LogP contribution in [-0.2, 0) is 0 Å². The van der Waals surface area contributed by atoms with Crippen LogP contribution in [0, 0.1) is 0 Å². The second-order valence-electron chi connectivity index (χ2n) is 11.0. The van der Waals surface area contributed by atoms with E-state index in [1.165, 1.54) is 39.2 Å². The van der Waals surface area contributed by atoms with Crippen LogP contribution in [0.4, 0.5) is 11.4 Å². The van der Waals surface area contributed by atoms with Gasteiger partial charge in [0.05, 0.1) is 6.67 Å². The van der Waals surface area contributed by atoms with Crippen molar-refractivity contribution in [1.29, 1.82) is 0 Å². The highest BCUT2D eigenvalue weighted by molar-refractivity contribution is 5.71. The lowest BCUT2D eigenvalue weighted by Gasteiger charge is -2.31. The van der Waals surface area contributed by atoms with Crippen molar-refractivity contribution in [2.45, 2.75) is 98.8 Å². The lowest BCUT2D eigenvalue weighted by Crippen LogP contribution is -2.28. The van der Waals surface area contributed by atoms with Crippen molar-refractivity contribution in [3.05, 3.63) is 70.5 Å². The Balaban J connectivity index is 2.10. The third kappa shape index (κ3) is 4.75. The standard InChI is InChI=1S/C30H44N2/c1-19(2)24-16-27(22(7)8)30(28(17-24)23(9)10)32-15-14-31(18-32)29-25(20(3)4)12-11-13-26(29)21(5)6/h11-17,19-23H,18H2,1-10H3. The molecule has 2 nitrogen and oxygen atoms in total. The van der Waals surface area contributed by atoms with Crippen molar-refractivity contribution in [1.82, 2.24) is 0 Å². The van der Waals surface area contributed by atoms with Crippen LogP contribution in [0.3, 0.4) is 0 Å². The predicted molar refractivity (Wildman–Crippen MR) is 142 cm³/mol. The van der Waals surface area contributed by atoms with Gasteiger partial charge in [0.2, 0.25) is 0 Å². The molecule has 0 unspecified atom stereocenters.